The van der Waals surface area contributed by atoms with E-state index in [1.165, 1.54) is 22.2 Å². The van der Waals surface area contributed by atoms with Gasteiger partial charge in [-0.1, -0.05) is 19.3 Å². The molecule has 1 aliphatic carbocycles. The molecule has 8 heteroatoms. The van der Waals surface area contributed by atoms with Crippen molar-refractivity contribution in [3.8, 4) is 0 Å². The average molecular weight is 348 g/mol. The van der Waals surface area contributed by atoms with Gasteiger partial charge in [0.25, 0.3) is 5.91 Å². The molecule has 2 heterocycles. The first-order valence-corrected chi connectivity index (χ1v) is 8.87. The van der Waals surface area contributed by atoms with Gasteiger partial charge in [-0.25, -0.2) is 0 Å². The van der Waals surface area contributed by atoms with Crippen molar-refractivity contribution in [2.45, 2.75) is 51.1 Å². The van der Waals surface area contributed by atoms with Gasteiger partial charge in [-0.05, 0) is 19.3 Å². The van der Waals surface area contributed by atoms with E-state index in [0.29, 0.717) is 18.5 Å². The summed E-state index contributed by atoms with van der Waals surface area (Å²) in [6, 6.07) is 0.246. The Hall–Kier alpha value is -2.38. The third-order valence-electron chi connectivity index (χ3n) is 4.98. The predicted octanol–water partition coefficient (Wildman–Crippen LogP) is 0.879. The number of carbonyl (C=O) groups excluding carboxylic acids is 2. The van der Waals surface area contributed by atoms with Crippen molar-refractivity contribution in [1.29, 1.82) is 0 Å². The highest BCUT2D eigenvalue weighted by molar-refractivity contribution is 5.94. The summed E-state index contributed by atoms with van der Waals surface area (Å²) in [5.41, 5.74) is 0.386. The van der Waals surface area contributed by atoms with E-state index >= 15 is 0 Å². The number of carboxylic acids is 1. The van der Waals surface area contributed by atoms with Crippen molar-refractivity contribution < 1.29 is 19.5 Å². The molecule has 1 unspecified atom stereocenters. The third-order valence-corrected chi connectivity index (χ3v) is 4.98. The maximum Gasteiger partial charge on any atom is 0.308 e. The van der Waals surface area contributed by atoms with Gasteiger partial charge in [0.1, 0.15) is 6.54 Å². The highest BCUT2D eigenvalue weighted by Crippen LogP contribution is 2.19. The molecule has 0 radical (unpaired) electrons. The van der Waals surface area contributed by atoms with E-state index in [1.807, 2.05) is 0 Å². The largest absolute Gasteiger partial charge is 0.481 e. The van der Waals surface area contributed by atoms with Crippen LogP contribution in [0, 0.1) is 5.92 Å². The number of aliphatic carboxylic acids is 1. The normalized spacial score (nSPS) is 21.3. The van der Waals surface area contributed by atoms with Crippen LogP contribution in [-0.4, -0.2) is 56.7 Å². The van der Waals surface area contributed by atoms with Crippen molar-refractivity contribution in [2.75, 3.05) is 13.1 Å². The molecular weight excluding hydrogens is 324 g/mol. The summed E-state index contributed by atoms with van der Waals surface area (Å²) in [6.07, 6.45) is 9.04. The standard InChI is InChI=1S/C17H24N4O4/c22-15(19-14-4-2-1-3-5-14)11-21-10-13(8-18-21)16(23)20-7-6-12(9-20)17(24)25/h8,10,12,14H,1-7,9,11H2,(H,19,22)(H,24,25). The summed E-state index contributed by atoms with van der Waals surface area (Å²) < 4.78 is 1.45. The van der Waals surface area contributed by atoms with E-state index in [2.05, 4.69) is 10.4 Å². The Morgan fingerprint density at radius 3 is 2.64 bits per heavy atom. The number of nitrogens with one attached hydrogen (secondary N) is 1. The van der Waals surface area contributed by atoms with Crippen LogP contribution >= 0.6 is 0 Å². The summed E-state index contributed by atoms with van der Waals surface area (Å²) >= 11 is 0. The van der Waals surface area contributed by atoms with Gasteiger partial charge in [-0.2, -0.15) is 5.10 Å². The molecule has 1 saturated carbocycles. The Morgan fingerprint density at radius 2 is 1.96 bits per heavy atom. The van der Waals surface area contributed by atoms with Crippen LogP contribution in [0.5, 0.6) is 0 Å². The van der Waals surface area contributed by atoms with Gasteiger partial charge in [-0.3, -0.25) is 19.1 Å². The van der Waals surface area contributed by atoms with Crippen LogP contribution in [0.25, 0.3) is 0 Å². The number of carboxylic acid groups (broad SMARTS) is 1. The van der Waals surface area contributed by atoms with Gasteiger partial charge in [-0.15, -0.1) is 0 Å². The van der Waals surface area contributed by atoms with Crippen LogP contribution in [0.1, 0.15) is 48.9 Å². The fourth-order valence-corrected chi connectivity index (χ4v) is 3.56. The van der Waals surface area contributed by atoms with Crippen LogP contribution in [0.3, 0.4) is 0 Å². The second-order valence-corrected chi connectivity index (χ2v) is 6.90. The number of amides is 2. The lowest BCUT2D eigenvalue weighted by atomic mass is 9.95. The highest BCUT2D eigenvalue weighted by atomic mass is 16.4. The zero-order valence-corrected chi connectivity index (χ0v) is 14.2. The molecule has 1 aromatic rings. The number of carbonyl (C=O) groups is 3. The van der Waals surface area contributed by atoms with Crippen molar-refractivity contribution >= 4 is 17.8 Å². The first-order chi connectivity index (χ1) is 12.0. The summed E-state index contributed by atoms with van der Waals surface area (Å²) in [7, 11) is 0. The molecule has 2 N–H and O–H groups in total. The maximum absolute atomic E-state index is 12.4. The van der Waals surface area contributed by atoms with E-state index in [4.69, 9.17) is 5.11 Å². The minimum Gasteiger partial charge on any atom is -0.481 e. The Kier molecular flexibility index (Phi) is 5.35. The van der Waals surface area contributed by atoms with Crippen molar-refractivity contribution in [2.24, 2.45) is 5.92 Å². The lowest BCUT2D eigenvalue weighted by Crippen LogP contribution is -2.38. The third kappa shape index (κ3) is 4.37. The molecule has 1 atom stereocenters. The summed E-state index contributed by atoms with van der Waals surface area (Å²) in [5.74, 6) is -1.70. The fraction of sp³-hybridized carbons (Fsp3) is 0.647. The van der Waals surface area contributed by atoms with Gasteiger partial charge in [0, 0.05) is 25.3 Å². The number of hydrogen-bond acceptors (Lipinski definition) is 4. The molecule has 8 nitrogen and oxygen atoms in total. The first-order valence-electron chi connectivity index (χ1n) is 8.87. The molecule has 2 amide bonds. The molecule has 25 heavy (non-hydrogen) atoms. The predicted molar refractivity (Wildman–Crippen MR) is 88.9 cm³/mol. The zero-order chi connectivity index (χ0) is 17.8. The highest BCUT2D eigenvalue weighted by Gasteiger charge is 2.31. The molecule has 0 aromatic carbocycles. The lowest BCUT2D eigenvalue weighted by molar-refractivity contribution is -0.141. The average Bonchev–Trinajstić information content (AvgIpc) is 3.24. The second kappa shape index (κ2) is 7.67. The Labute approximate surface area is 146 Å². The molecule has 1 saturated heterocycles. The summed E-state index contributed by atoms with van der Waals surface area (Å²) in [4.78, 5) is 37.0. The van der Waals surface area contributed by atoms with Crippen LogP contribution < -0.4 is 5.32 Å². The smallest absolute Gasteiger partial charge is 0.308 e. The Bertz CT molecular complexity index is 651. The van der Waals surface area contributed by atoms with E-state index < -0.39 is 11.9 Å². The summed E-state index contributed by atoms with van der Waals surface area (Å²) in [5, 5.41) is 16.1. The van der Waals surface area contributed by atoms with Gasteiger partial charge < -0.3 is 15.3 Å². The molecule has 136 valence electrons. The number of rotatable bonds is 5. The number of likely N-dealkylation sites (tertiary alicyclic amines) is 1. The fourth-order valence-electron chi connectivity index (χ4n) is 3.56. The van der Waals surface area contributed by atoms with Gasteiger partial charge in [0.15, 0.2) is 0 Å². The van der Waals surface area contributed by atoms with Crippen molar-refractivity contribution in [3.63, 3.8) is 0 Å². The van der Waals surface area contributed by atoms with E-state index in [1.54, 1.807) is 6.20 Å². The minimum absolute atomic E-state index is 0.0849. The quantitative estimate of drug-likeness (QED) is 0.822. The molecule has 0 bridgehead atoms. The molecule has 2 fully saturated rings. The minimum atomic E-state index is -0.870. The second-order valence-electron chi connectivity index (χ2n) is 6.90. The van der Waals surface area contributed by atoms with Gasteiger partial charge in [0.2, 0.25) is 5.91 Å². The number of nitrogens with zero attached hydrogens (tertiary/aromatic N) is 3. The monoisotopic (exact) mass is 348 g/mol. The van der Waals surface area contributed by atoms with Gasteiger partial charge in [0.05, 0.1) is 17.7 Å². The number of hydrogen-bond donors (Lipinski definition) is 2. The van der Waals surface area contributed by atoms with E-state index in [-0.39, 0.29) is 30.9 Å². The first kappa shape index (κ1) is 17.4. The Balaban J connectivity index is 1.52. The van der Waals surface area contributed by atoms with Crippen LogP contribution in [-0.2, 0) is 16.1 Å². The van der Waals surface area contributed by atoms with Crippen LogP contribution in [0.15, 0.2) is 12.4 Å². The zero-order valence-electron chi connectivity index (χ0n) is 14.2. The molecule has 0 spiro atoms. The lowest BCUT2D eigenvalue weighted by Gasteiger charge is -2.22. The van der Waals surface area contributed by atoms with Crippen molar-refractivity contribution in [3.05, 3.63) is 18.0 Å². The van der Waals surface area contributed by atoms with E-state index in [0.717, 1.165) is 25.7 Å². The number of aromatic nitrogens is 2. The molecular formula is C17H24N4O4. The Morgan fingerprint density at radius 1 is 1.20 bits per heavy atom. The van der Waals surface area contributed by atoms with Crippen molar-refractivity contribution in [1.82, 2.24) is 20.0 Å². The molecule has 2 aliphatic rings. The molecule has 3 rings (SSSR count). The molecule has 1 aromatic heterocycles. The molecule has 1 aliphatic heterocycles. The topological polar surface area (TPSA) is 105 Å². The van der Waals surface area contributed by atoms with Crippen LogP contribution in [0.4, 0.5) is 0 Å². The van der Waals surface area contributed by atoms with E-state index in [9.17, 15) is 14.4 Å². The van der Waals surface area contributed by atoms with Crippen LogP contribution in [0.2, 0.25) is 0 Å². The maximum atomic E-state index is 12.4. The SMILES string of the molecule is O=C(Cn1cc(C(=O)N2CCC(C(=O)O)C2)cn1)NC1CCCCC1. The summed E-state index contributed by atoms with van der Waals surface area (Å²) in [6.45, 7) is 0.742. The van der Waals surface area contributed by atoms with Gasteiger partial charge >= 0.3 is 5.97 Å².